The average Bonchev–Trinajstić information content (AvgIpc) is 2.84. The zero-order valence-electron chi connectivity index (χ0n) is 17.8. The van der Waals surface area contributed by atoms with Gasteiger partial charge in [0.2, 0.25) is 11.8 Å². The largest absolute Gasteiger partial charge is 0.325 e. The highest BCUT2D eigenvalue weighted by molar-refractivity contribution is 6.33. The minimum absolute atomic E-state index is 0.0577. The molecule has 1 unspecified atom stereocenters. The summed E-state index contributed by atoms with van der Waals surface area (Å²) in [6.45, 7) is 4.81. The van der Waals surface area contributed by atoms with E-state index in [2.05, 4.69) is 15.3 Å². The van der Waals surface area contributed by atoms with Crippen LogP contribution in [0.3, 0.4) is 0 Å². The van der Waals surface area contributed by atoms with E-state index in [1.54, 1.807) is 56.4 Å². The molecule has 0 spiro atoms. The Kier molecular flexibility index (Phi) is 5.76. The van der Waals surface area contributed by atoms with Crippen LogP contribution in [0.4, 0.5) is 11.4 Å². The summed E-state index contributed by atoms with van der Waals surface area (Å²) >= 11 is 6.51. The fraction of sp³-hybridized carbons (Fsp3) is 0.208. The van der Waals surface area contributed by atoms with Crippen LogP contribution in [0.2, 0.25) is 5.15 Å². The summed E-state index contributed by atoms with van der Waals surface area (Å²) in [6, 6.07) is 12.0. The smallest absolute Gasteiger partial charge is 0.244 e. The van der Waals surface area contributed by atoms with Crippen LogP contribution < -0.4 is 10.2 Å². The van der Waals surface area contributed by atoms with Gasteiger partial charge >= 0.3 is 0 Å². The maximum atomic E-state index is 13.4. The molecule has 2 aromatic heterocycles. The Morgan fingerprint density at radius 2 is 1.91 bits per heavy atom. The number of Topliss-reactive ketones (excluding diaryl/α,β-unsaturated/α-hetero) is 1. The Hall–Kier alpha value is -3.58. The third-order valence-corrected chi connectivity index (χ3v) is 5.68. The van der Waals surface area contributed by atoms with Crippen molar-refractivity contribution in [3.63, 3.8) is 0 Å². The predicted molar refractivity (Wildman–Crippen MR) is 123 cm³/mol. The summed E-state index contributed by atoms with van der Waals surface area (Å²) in [4.78, 5) is 47.9. The van der Waals surface area contributed by atoms with Crippen molar-refractivity contribution in [3.8, 4) is 11.1 Å². The molecule has 4 rings (SSSR count). The normalized spacial score (nSPS) is 14.9. The zero-order chi connectivity index (χ0) is 23.0. The molecular weight excluding hydrogens is 428 g/mol. The second kappa shape index (κ2) is 8.51. The van der Waals surface area contributed by atoms with Gasteiger partial charge in [0.25, 0.3) is 0 Å². The van der Waals surface area contributed by atoms with Crippen molar-refractivity contribution in [2.75, 3.05) is 16.8 Å². The number of hydrogen-bond donors (Lipinski definition) is 1. The minimum atomic E-state index is -0.572. The number of nitrogens with one attached hydrogen (secondary N) is 1. The first-order chi connectivity index (χ1) is 15.3. The number of hydrogen-bond acceptors (Lipinski definition) is 5. The number of carbonyl (C=O) groups is 3. The molecule has 3 heterocycles. The quantitative estimate of drug-likeness (QED) is 0.471. The monoisotopic (exact) mass is 448 g/mol. The lowest BCUT2D eigenvalue weighted by Gasteiger charge is -2.24. The summed E-state index contributed by atoms with van der Waals surface area (Å²) in [7, 11) is 0. The van der Waals surface area contributed by atoms with Crippen LogP contribution >= 0.6 is 11.6 Å². The molecule has 3 aromatic rings. The van der Waals surface area contributed by atoms with E-state index in [-0.39, 0.29) is 29.3 Å². The zero-order valence-corrected chi connectivity index (χ0v) is 18.6. The molecule has 1 atom stereocenters. The second-order valence-electron chi connectivity index (χ2n) is 7.71. The van der Waals surface area contributed by atoms with E-state index in [0.717, 1.165) is 5.56 Å². The van der Waals surface area contributed by atoms with Crippen molar-refractivity contribution in [1.82, 2.24) is 9.97 Å². The first kappa shape index (κ1) is 21.6. The van der Waals surface area contributed by atoms with Crippen molar-refractivity contribution in [2.45, 2.75) is 26.7 Å². The van der Waals surface area contributed by atoms with Crippen molar-refractivity contribution in [2.24, 2.45) is 0 Å². The number of carbonyl (C=O) groups excluding carboxylic acids is 3. The maximum absolute atomic E-state index is 13.4. The third-order valence-electron chi connectivity index (χ3n) is 5.40. The number of pyridine rings is 2. The lowest BCUT2D eigenvalue weighted by Crippen LogP contribution is -2.40. The van der Waals surface area contributed by atoms with Gasteiger partial charge in [-0.1, -0.05) is 17.7 Å². The lowest BCUT2D eigenvalue weighted by molar-refractivity contribution is -0.122. The summed E-state index contributed by atoms with van der Waals surface area (Å²) in [5.41, 5.74) is 4.13. The van der Waals surface area contributed by atoms with Gasteiger partial charge in [0, 0.05) is 34.3 Å². The highest BCUT2D eigenvalue weighted by Gasteiger charge is 2.35. The molecule has 8 heteroatoms. The number of anilines is 2. The van der Waals surface area contributed by atoms with Gasteiger partial charge in [0.15, 0.2) is 5.78 Å². The highest BCUT2D eigenvalue weighted by Crippen LogP contribution is 2.43. The maximum Gasteiger partial charge on any atom is 0.244 e. The van der Waals surface area contributed by atoms with Crippen LogP contribution in [-0.2, 0) is 9.59 Å². The van der Waals surface area contributed by atoms with Gasteiger partial charge in [0.05, 0.1) is 17.3 Å². The Morgan fingerprint density at radius 1 is 1.19 bits per heavy atom. The summed E-state index contributed by atoms with van der Waals surface area (Å²) in [5, 5.41) is 3.04. The first-order valence-corrected chi connectivity index (χ1v) is 10.5. The standard InChI is InChI=1S/C24H21ClN4O3/c1-13-11-19-21(23(25)27-13)18-5-4-10-26-22(18)14(2)24(32)29(19)12-20(31)28-17-8-6-16(7-9-17)15(3)30/h4-11,14H,12H2,1-3H3,(H,28,31). The number of aryl methyl sites for hydroxylation is 1. The highest BCUT2D eigenvalue weighted by atomic mass is 35.5. The predicted octanol–water partition coefficient (Wildman–Crippen LogP) is 4.40. The Bertz CT molecular complexity index is 1240. The molecule has 32 heavy (non-hydrogen) atoms. The lowest BCUT2D eigenvalue weighted by atomic mass is 9.98. The third kappa shape index (κ3) is 3.99. The van der Waals surface area contributed by atoms with Gasteiger partial charge in [-0.05, 0) is 57.2 Å². The van der Waals surface area contributed by atoms with Crippen LogP contribution in [0.15, 0.2) is 48.7 Å². The number of ketones is 1. The van der Waals surface area contributed by atoms with E-state index in [9.17, 15) is 14.4 Å². The van der Waals surface area contributed by atoms with Gasteiger partial charge in [-0.3, -0.25) is 19.4 Å². The van der Waals surface area contributed by atoms with Gasteiger partial charge in [-0.2, -0.15) is 0 Å². The van der Waals surface area contributed by atoms with E-state index < -0.39 is 5.92 Å². The van der Waals surface area contributed by atoms with E-state index in [0.29, 0.717) is 33.9 Å². The number of nitrogens with zero attached hydrogens (tertiary/aromatic N) is 3. The van der Waals surface area contributed by atoms with Crippen molar-refractivity contribution >= 4 is 40.6 Å². The molecule has 7 nitrogen and oxygen atoms in total. The van der Waals surface area contributed by atoms with E-state index in [4.69, 9.17) is 11.6 Å². The number of benzene rings is 1. The van der Waals surface area contributed by atoms with Crippen LogP contribution in [0, 0.1) is 6.92 Å². The average molecular weight is 449 g/mol. The molecule has 1 aromatic carbocycles. The molecule has 0 bridgehead atoms. The summed E-state index contributed by atoms with van der Waals surface area (Å²) in [5.74, 6) is -1.26. The van der Waals surface area contributed by atoms with Crippen LogP contribution in [0.1, 0.15) is 41.5 Å². The summed E-state index contributed by atoms with van der Waals surface area (Å²) < 4.78 is 0. The number of rotatable bonds is 4. The van der Waals surface area contributed by atoms with Gasteiger partial charge in [0.1, 0.15) is 11.7 Å². The molecule has 162 valence electrons. The van der Waals surface area contributed by atoms with Crippen molar-refractivity contribution < 1.29 is 14.4 Å². The number of halogens is 1. The van der Waals surface area contributed by atoms with Crippen molar-refractivity contribution in [3.05, 3.63) is 70.8 Å². The molecule has 0 fully saturated rings. The Morgan fingerprint density at radius 3 is 2.59 bits per heavy atom. The number of amides is 2. The molecule has 1 N–H and O–H groups in total. The topological polar surface area (TPSA) is 92.3 Å². The first-order valence-electron chi connectivity index (χ1n) is 10.1. The van der Waals surface area contributed by atoms with Gasteiger partial charge in [-0.25, -0.2) is 4.98 Å². The van der Waals surface area contributed by atoms with E-state index in [1.807, 2.05) is 6.07 Å². The fourth-order valence-corrected chi connectivity index (χ4v) is 4.15. The molecule has 1 aliphatic heterocycles. The Labute approximate surface area is 190 Å². The summed E-state index contributed by atoms with van der Waals surface area (Å²) in [6.07, 6.45) is 1.63. The molecule has 0 radical (unpaired) electrons. The SMILES string of the molecule is CC(=O)c1ccc(NC(=O)CN2C(=O)C(C)c3ncccc3-c3c2cc(C)nc3Cl)cc1. The second-order valence-corrected chi connectivity index (χ2v) is 8.07. The molecule has 0 aliphatic carbocycles. The molecule has 1 aliphatic rings. The van der Waals surface area contributed by atoms with E-state index in [1.165, 1.54) is 11.8 Å². The minimum Gasteiger partial charge on any atom is -0.325 e. The van der Waals surface area contributed by atoms with Crippen LogP contribution in [0.25, 0.3) is 11.1 Å². The van der Waals surface area contributed by atoms with E-state index >= 15 is 0 Å². The molecule has 0 saturated carbocycles. The number of fused-ring (bicyclic) bond motifs is 3. The number of aromatic nitrogens is 2. The van der Waals surface area contributed by atoms with Crippen LogP contribution in [-0.4, -0.2) is 34.1 Å². The Balaban J connectivity index is 1.70. The molecular formula is C24H21ClN4O3. The van der Waals surface area contributed by atoms with Crippen molar-refractivity contribution in [1.29, 1.82) is 0 Å². The van der Waals surface area contributed by atoms with Gasteiger partial charge in [-0.15, -0.1) is 0 Å². The molecule has 0 saturated heterocycles. The van der Waals surface area contributed by atoms with Crippen LogP contribution in [0.5, 0.6) is 0 Å². The fourth-order valence-electron chi connectivity index (χ4n) is 3.82. The van der Waals surface area contributed by atoms with Gasteiger partial charge < -0.3 is 10.2 Å². The molecule has 2 amide bonds.